The average Bonchev–Trinajstić information content (AvgIpc) is 2.72. The highest BCUT2D eigenvalue weighted by molar-refractivity contribution is 9.10. The highest BCUT2D eigenvalue weighted by atomic mass is 79.9. The number of aryl methyl sites for hydroxylation is 1. The fourth-order valence-electron chi connectivity index (χ4n) is 2.32. The number of carbonyl (C=O) groups is 1. The molecule has 0 fully saturated rings. The minimum absolute atomic E-state index is 0.109. The van der Waals surface area contributed by atoms with E-state index >= 15 is 0 Å². The molecule has 5 nitrogen and oxygen atoms in total. The van der Waals surface area contributed by atoms with E-state index in [1.165, 1.54) is 0 Å². The Labute approximate surface area is 124 Å². The van der Waals surface area contributed by atoms with Crippen molar-refractivity contribution in [3.8, 4) is 5.75 Å². The second-order valence-electron chi connectivity index (χ2n) is 4.84. The van der Waals surface area contributed by atoms with E-state index in [0.29, 0.717) is 36.5 Å². The summed E-state index contributed by atoms with van der Waals surface area (Å²) in [7, 11) is 1.83. The Morgan fingerprint density at radius 2 is 2.20 bits per heavy atom. The third-order valence-electron chi connectivity index (χ3n) is 3.41. The minimum Gasteiger partial charge on any atom is -0.491 e. The van der Waals surface area contributed by atoms with Crippen molar-refractivity contribution in [3.63, 3.8) is 0 Å². The van der Waals surface area contributed by atoms with E-state index < -0.39 is 0 Å². The predicted octanol–water partition coefficient (Wildman–Crippen LogP) is 2.08. The Balaban J connectivity index is 2.01. The van der Waals surface area contributed by atoms with Crippen LogP contribution < -0.4 is 10.4 Å². The number of fused-ring (bicyclic) bond motifs is 1. The van der Waals surface area contributed by atoms with E-state index in [0.717, 1.165) is 10.0 Å². The summed E-state index contributed by atoms with van der Waals surface area (Å²) in [5, 5.41) is 7.93. The first kappa shape index (κ1) is 13.2. The largest absolute Gasteiger partial charge is 0.491 e. The summed E-state index contributed by atoms with van der Waals surface area (Å²) in [5.74, 6) is 0.743. The summed E-state index contributed by atoms with van der Waals surface area (Å²) in [6, 6.07) is 3.80. The van der Waals surface area contributed by atoms with E-state index in [-0.39, 0.29) is 5.78 Å². The van der Waals surface area contributed by atoms with Crippen molar-refractivity contribution in [3.05, 3.63) is 45.7 Å². The number of nitrogens with one attached hydrogen (secondary N) is 1. The summed E-state index contributed by atoms with van der Waals surface area (Å²) in [6.45, 7) is 0.993. The Kier molecular flexibility index (Phi) is 3.25. The van der Waals surface area contributed by atoms with Gasteiger partial charge in [0.1, 0.15) is 5.75 Å². The van der Waals surface area contributed by atoms with E-state index in [1.807, 2.05) is 36.1 Å². The molecule has 0 radical (unpaired) electrons. The molecule has 0 spiro atoms. The monoisotopic (exact) mass is 335 g/mol. The van der Waals surface area contributed by atoms with Crippen LogP contribution in [-0.4, -0.2) is 21.5 Å². The van der Waals surface area contributed by atoms with Gasteiger partial charge in [-0.05, 0) is 33.6 Å². The van der Waals surface area contributed by atoms with Crippen LogP contribution in [0.1, 0.15) is 22.3 Å². The topological polar surface area (TPSA) is 60.0 Å². The number of imidazole rings is 1. The van der Waals surface area contributed by atoms with Gasteiger partial charge in [-0.15, -0.1) is 0 Å². The van der Waals surface area contributed by atoms with Crippen LogP contribution in [0.2, 0.25) is 0 Å². The molecule has 1 aromatic carbocycles. The minimum atomic E-state index is 0.109. The summed E-state index contributed by atoms with van der Waals surface area (Å²) >= 11 is 3.46. The number of benzene rings is 1. The van der Waals surface area contributed by atoms with Crippen LogP contribution in [0.15, 0.2) is 29.0 Å². The van der Waals surface area contributed by atoms with E-state index in [4.69, 9.17) is 10.1 Å². The maximum absolute atomic E-state index is 12.0. The Bertz CT molecular complexity index is 745. The summed E-state index contributed by atoms with van der Waals surface area (Å²) in [6.07, 6.45) is 4.11. The van der Waals surface area contributed by atoms with Crippen LogP contribution in [-0.2, 0) is 13.6 Å². The van der Waals surface area contributed by atoms with Gasteiger partial charge in [-0.2, -0.15) is 0 Å². The molecular weight excluding hydrogens is 322 g/mol. The molecule has 104 valence electrons. The maximum atomic E-state index is 12.0. The number of carbonyl (C=O) groups excluding carboxylic acids is 1. The van der Waals surface area contributed by atoms with Crippen LogP contribution in [0.5, 0.6) is 5.75 Å². The molecule has 20 heavy (non-hydrogen) atoms. The number of aromatic nitrogens is 2. The Morgan fingerprint density at radius 1 is 1.40 bits per heavy atom. The fourth-order valence-corrected chi connectivity index (χ4v) is 2.95. The van der Waals surface area contributed by atoms with Crippen LogP contribution >= 0.6 is 15.9 Å². The number of Topliss-reactive ketones (excluding diaryl/α,β-unsaturated/α-hetero) is 1. The maximum Gasteiger partial charge on any atom is 0.202 e. The summed E-state index contributed by atoms with van der Waals surface area (Å²) < 4.78 is 9.89. The van der Waals surface area contributed by atoms with Crippen LogP contribution in [0.25, 0.3) is 0 Å². The normalized spacial score (nSPS) is 14.0. The lowest BCUT2D eigenvalue weighted by molar-refractivity contribution is 0.0932. The van der Waals surface area contributed by atoms with Gasteiger partial charge in [-0.1, -0.05) is 0 Å². The molecule has 2 heterocycles. The number of halogens is 1. The van der Waals surface area contributed by atoms with Gasteiger partial charge < -0.3 is 13.9 Å². The lowest BCUT2D eigenvalue weighted by Gasteiger charge is -2.19. The van der Waals surface area contributed by atoms with Crippen molar-refractivity contribution in [2.45, 2.75) is 13.0 Å². The van der Waals surface area contributed by atoms with Crippen molar-refractivity contribution in [1.29, 1.82) is 5.41 Å². The number of hydrogen-bond donors (Lipinski definition) is 1. The van der Waals surface area contributed by atoms with Gasteiger partial charge in [0.05, 0.1) is 23.2 Å². The quantitative estimate of drug-likeness (QED) is 0.913. The average molecular weight is 336 g/mol. The smallest absolute Gasteiger partial charge is 0.202 e. The van der Waals surface area contributed by atoms with Gasteiger partial charge in [0.2, 0.25) is 5.62 Å². The van der Waals surface area contributed by atoms with E-state index in [9.17, 15) is 4.79 Å². The molecule has 0 saturated carbocycles. The van der Waals surface area contributed by atoms with Crippen molar-refractivity contribution in [2.24, 2.45) is 7.05 Å². The number of hydrogen-bond acceptors (Lipinski definition) is 3. The van der Waals surface area contributed by atoms with Crippen molar-refractivity contribution in [2.75, 3.05) is 6.61 Å². The van der Waals surface area contributed by atoms with E-state index in [2.05, 4.69) is 15.9 Å². The van der Waals surface area contributed by atoms with Crippen molar-refractivity contribution >= 4 is 21.7 Å². The molecule has 1 aliphatic heterocycles. The molecule has 1 aliphatic rings. The summed E-state index contributed by atoms with van der Waals surface area (Å²) in [4.78, 5) is 12.0. The molecular formula is C14H14BrN3O2. The zero-order valence-corrected chi connectivity index (χ0v) is 12.6. The van der Waals surface area contributed by atoms with Crippen LogP contribution in [0, 0.1) is 5.41 Å². The van der Waals surface area contributed by atoms with Gasteiger partial charge in [-0.3, -0.25) is 10.2 Å². The highest BCUT2D eigenvalue weighted by Gasteiger charge is 2.21. The van der Waals surface area contributed by atoms with Crippen LogP contribution in [0.4, 0.5) is 0 Å². The molecule has 0 unspecified atom stereocenters. The summed E-state index contributed by atoms with van der Waals surface area (Å²) in [5.41, 5.74) is 2.02. The van der Waals surface area contributed by atoms with Gasteiger partial charge in [0.15, 0.2) is 5.78 Å². The lowest BCUT2D eigenvalue weighted by atomic mass is 10.0. The first-order valence-electron chi connectivity index (χ1n) is 6.31. The second-order valence-corrected chi connectivity index (χ2v) is 5.69. The molecule has 0 bridgehead atoms. The molecule has 0 saturated heterocycles. The van der Waals surface area contributed by atoms with Crippen molar-refractivity contribution in [1.82, 2.24) is 9.13 Å². The molecule has 1 aromatic heterocycles. The Morgan fingerprint density at radius 3 is 2.90 bits per heavy atom. The second kappa shape index (κ2) is 4.94. The van der Waals surface area contributed by atoms with Gasteiger partial charge >= 0.3 is 0 Å². The first-order chi connectivity index (χ1) is 9.56. The third kappa shape index (κ3) is 2.20. The number of ether oxygens (including phenoxy) is 1. The molecule has 1 N–H and O–H groups in total. The molecule has 0 atom stereocenters. The molecule has 3 rings (SSSR count). The predicted molar refractivity (Wildman–Crippen MR) is 76.9 cm³/mol. The standard InChI is InChI=1S/C14H14BrN3O2/c1-17-3-4-18(14(17)16)8-9-6-10-12(19)2-5-20-13(10)11(15)7-9/h3-4,6-7,16H,2,5,8H2,1H3. The zero-order chi connectivity index (χ0) is 14.3. The van der Waals surface area contributed by atoms with E-state index in [1.54, 1.807) is 4.57 Å². The molecule has 2 aromatic rings. The fraction of sp³-hybridized carbons (Fsp3) is 0.286. The number of nitrogens with zero attached hydrogens (tertiary/aromatic N) is 2. The van der Waals surface area contributed by atoms with Gasteiger partial charge in [0.25, 0.3) is 0 Å². The highest BCUT2D eigenvalue weighted by Crippen LogP contribution is 2.34. The van der Waals surface area contributed by atoms with Crippen LogP contribution in [0.3, 0.4) is 0 Å². The molecule has 6 heteroatoms. The lowest BCUT2D eigenvalue weighted by Crippen LogP contribution is -2.23. The SMILES string of the molecule is Cn1ccn(Cc2cc(Br)c3c(c2)C(=O)CCO3)c1=N. The van der Waals surface area contributed by atoms with Crippen molar-refractivity contribution < 1.29 is 9.53 Å². The third-order valence-corrected chi connectivity index (χ3v) is 4.00. The number of rotatable bonds is 2. The van der Waals surface area contributed by atoms with Gasteiger partial charge in [-0.25, -0.2) is 0 Å². The molecule has 0 amide bonds. The first-order valence-corrected chi connectivity index (χ1v) is 7.10. The number of ketones is 1. The zero-order valence-electron chi connectivity index (χ0n) is 11.0. The Hall–Kier alpha value is -1.82. The van der Waals surface area contributed by atoms with Gasteiger partial charge in [0, 0.05) is 25.9 Å². The molecule has 0 aliphatic carbocycles.